The van der Waals surface area contributed by atoms with Crippen molar-refractivity contribution in [2.45, 2.75) is 13.1 Å². The quantitative estimate of drug-likeness (QED) is 0.876. The fourth-order valence-electron chi connectivity index (χ4n) is 1.55. The van der Waals surface area contributed by atoms with Gasteiger partial charge >= 0.3 is 0 Å². The van der Waals surface area contributed by atoms with Gasteiger partial charge in [-0.3, -0.25) is 4.68 Å². The lowest BCUT2D eigenvalue weighted by atomic mass is 10.1. The van der Waals surface area contributed by atoms with Gasteiger partial charge in [0.25, 0.3) is 0 Å². The first kappa shape index (κ1) is 12.2. The Morgan fingerprint density at radius 2 is 2.28 bits per heavy atom. The minimum atomic E-state index is -0.324. The molecule has 92 valence electrons. The summed E-state index contributed by atoms with van der Waals surface area (Å²) in [6, 6.07) is 6.28. The zero-order valence-corrected chi connectivity index (χ0v) is 9.89. The first-order chi connectivity index (χ1) is 8.69. The molecule has 0 aliphatic carbocycles. The molecule has 1 aromatic carbocycles. The van der Waals surface area contributed by atoms with Crippen LogP contribution in [0, 0.1) is 17.1 Å². The SMILES string of the molecule is Cn1cnc(CNCc2cc(C#N)ccc2F)n1. The van der Waals surface area contributed by atoms with Crippen LogP contribution in [0.2, 0.25) is 0 Å². The molecule has 0 atom stereocenters. The molecule has 2 rings (SSSR count). The van der Waals surface area contributed by atoms with Crippen LogP contribution in [-0.4, -0.2) is 14.8 Å². The predicted molar refractivity (Wildman–Crippen MR) is 62.7 cm³/mol. The Labute approximate surface area is 104 Å². The summed E-state index contributed by atoms with van der Waals surface area (Å²) >= 11 is 0. The molecular formula is C12H12FN5. The molecule has 6 heteroatoms. The summed E-state index contributed by atoms with van der Waals surface area (Å²) in [7, 11) is 1.78. The molecular weight excluding hydrogens is 233 g/mol. The molecule has 0 fully saturated rings. The first-order valence-electron chi connectivity index (χ1n) is 5.43. The minimum absolute atomic E-state index is 0.324. The van der Waals surface area contributed by atoms with E-state index in [9.17, 15) is 4.39 Å². The van der Waals surface area contributed by atoms with Gasteiger partial charge in [-0.15, -0.1) is 0 Å². The highest BCUT2D eigenvalue weighted by atomic mass is 19.1. The standard InChI is InChI=1S/C12H12FN5/c1-18-8-16-12(17-18)7-15-6-10-4-9(5-14)2-3-11(10)13/h2-4,8,15H,6-7H2,1H3. The molecule has 0 unspecified atom stereocenters. The Morgan fingerprint density at radius 1 is 1.44 bits per heavy atom. The highest BCUT2D eigenvalue weighted by Crippen LogP contribution is 2.09. The molecule has 1 heterocycles. The Kier molecular flexibility index (Phi) is 3.65. The van der Waals surface area contributed by atoms with Gasteiger partial charge in [-0.1, -0.05) is 0 Å². The summed E-state index contributed by atoms with van der Waals surface area (Å²) in [5.74, 6) is 0.324. The Morgan fingerprint density at radius 3 is 2.94 bits per heavy atom. The highest BCUT2D eigenvalue weighted by molar-refractivity contribution is 5.33. The molecule has 5 nitrogen and oxygen atoms in total. The van der Waals surface area contributed by atoms with E-state index in [1.54, 1.807) is 18.1 Å². The van der Waals surface area contributed by atoms with Crippen LogP contribution in [0.4, 0.5) is 4.39 Å². The van der Waals surface area contributed by atoms with E-state index in [0.717, 1.165) is 0 Å². The van der Waals surface area contributed by atoms with E-state index in [2.05, 4.69) is 15.4 Å². The molecule has 0 spiro atoms. The molecule has 18 heavy (non-hydrogen) atoms. The number of rotatable bonds is 4. The molecule has 1 N–H and O–H groups in total. The minimum Gasteiger partial charge on any atom is -0.306 e. The van der Waals surface area contributed by atoms with Crippen LogP contribution in [0.5, 0.6) is 0 Å². The van der Waals surface area contributed by atoms with E-state index in [1.807, 2.05) is 6.07 Å². The van der Waals surface area contributed by atoms with Crippen LogP contribution in [0.25, 0.3) is 0 Å². The lowest BCUT2D eigenvalue weighted by molar-refractivity contribution is 0.581. The second kappa shape index (κ2) is 5.38. The molecule has 0 bridgehead atoms. The van der Waals surface area contributed by atoms with Crippen molar-refractivity contribution in [3.63, 3.8) is 0 Å². The Balaban J connectivity index is 1.96. The largest absolute Gasteiger partial charge is 0.306 e. The predicted octanol–water partition coefficient (Wildman–Crippen LogP) is 1.12. The van der Waals surface area contributed by atoms with Gasteiger partial charge in [-0.25, -0.2) is 9.37 Å². The van der Waals surface area contributed by atoms with Gasteiger partial charge in [-0.05, 0) is 18.2 Å². The van der Waals surface area contributed by atoms with E-state index in [0.29, 0.717) is 30.0 Å². The van der Waals surface area contributed by atoms with Crippen LogP contribution in [0.15, 0.2) is 24.5 Å². The zero-order chi connectivity index (χ0) is 13.0. The van der Waals surface area contributed by atoms with Crippen molar-refractivity contribution < 1.29 is 4.39 Å². The third kappa shape index (κ3) is 2.90. The second-order valence-electron chi connectivity index (χ2n) is 3.86. The summed E-state index contributed by atoms with van der Waals surface area (Å²) in [4.78, 5) is 4.05. The van der Waals surface area contributed by atoms with Gasteiger partial charge in [0.05, 0.1) is 18.2 Å². The lowest BCUT2D eigenvalue weighted by Gasteiger charge is -2.04. The van der Waals surface area contributed by atoms with Crippen molar-refractivity contribution in [2.24, 2.45) is 7.05 Å². The fraction of sp³-hybridized carbons (Fsp3) is 0.250. The van der Waals surface area contributed by atoms with Crippen molar-refractivity contribution in [3.05, 3.63) is 47.3 Å². The highest BCUT2D eigenvalue weighted by Gasteiger charge is 2.04. The number of aromatic nitrogens is 3. The van der Waals surface area contributed by atoms with E-state index in [1.165, 1.54) is 18.2 Å². The van der Waals surface area contributed by atoms with Crippen LogP contribution < -0.4 is 5.32 Å². The van der Waals surface area contributed by atoms with Crippen molar-refractivity contribution >= 4 is 0 Å². The van der Waals surface area contributed by atoms with Crippen molar-refractivity contribution in [3.8, 4) is 6.07 Å². The lowest BCUT2D eigenvalue weighted by Crippen LogP contribution is -2.15. The molecule has 0 saturated carbocycles. The van der Waals surface area contributed by atoms with E-state index in [4.69, 9.17) is 5.26 Å². The smallest absolute Gasteiger partial charge is 0.164 e. The van der Waals surface area contributed by atoms with Gasteiger partial charge in [-0.2, -0.15) is 10.4 Å². The zero-order valence-electron chi connectivity index (χ0n) is 9.89. The number of benzene rings is 1. The monoisotopic (exact) mass is 245 g/mol. The average molecular weight is 245 g/mol. The third-order valence-corrected chi connectivity index (χ3v) is 2.42. The van der Waals surface area contributed by atoms with Crippen LogP contribution >= 0.6 is 0 Å². The number of hydrogen-bond acceptors (Lipinski definition) is 4. The van der Waals surface area contributed by atoms with Crippen LogP contribution in [0.1, 0.15) is 17.0 Å². The molecule has 2 aromatic rings. The number of aryl methyl sites for hydroxylation is 1. The normalized spacial score (nSPS) is 10.3. The van der Waals surface area contributed by atoms with Gasteiger partial charge in [0, 0.05) is 19.2 Å². The molecule has 0 aliphatic heterocycles. The molecule has 0 saturated heterocycles. The van der Waals surface area contributed by atoms with Gasteiger partial charge < -0.3 is 5.32 Å². The van der Waals surface area contributed by atoms with E-state index < -0.39 is 0 Å². The molecule has 0 amide bonds. The van der Waals surface area contributed by atoms with Crippen molar-refractivity contribution in [1.29, 1.82) is 5.26 Å². The number of nitriles is 1. The summed E-state index contributed by atoms with van der Waals surface area (Å²) in [5, 5.41) is 15.9. The van der Waals surface area contributed by atoms with Crippen molar-refractivity contribution in [1.82, 2.24) is 20.1 Å². The third-order valence-electron chi connectivity index (χ3n) is 2.42. The second-order valence-corrected chi connectivity index (χ2v) is 3.86. The topological polar surface area (TPSA) is 66.5 Å². The molecule has 1 aromatic heterocycles. The maximum absolute atomic E-state index is 13.5. The maximum Gasteiger partial charge on any atom is 0.164 e. The van der Waals surface area contributed by atoms with E-state index in [-0.39, 0.29) is 5.82 Å². The first-order valence-corrected chi connectivity index (χ1v) is 5.43. The summed E-state index contributed by atoms with van der Waals surface area (Å²) in [6.07, 6.45) is 1.61. The summed E-state index contributed by atoms with van der Waals surface area (Å²) < 4.78 is 15.1. The van der Waals surface area contributed by atoms with Gasteiger partial charge in [0.1, 0.15) is 12.1 Å². The Hall–Kier alpha value is -2.26. The molecule has 0 aliphatic rings. The Bertz CT molecular complexity index is 584. The van der Waals surface area contributed by atoms with Gasteiger partial charge in [0.2, 0.25) is 0 Å². The molecule has 0 radical (unpaired) electrons. The van der Waals surface area contributed by atoms with E-state index >= 15 is 0 Å². The fourth-order valence-corrected chi connectivity index (χ4v) is 1.55. The summed E-state index contributed by atoms with van der Waals surface area (Å²) in [6.45, 7) is 0.788. The van der Waals surface area contributed by atoms with Crippen molar-refractivity contribution in [2.75, 3.05) is 0 Å². The van der Waals surface area contributed by atoms with Gasteiger partial charge in [0.15, 0.2) is 5.82 Å². The van der Waals surface area contributed by atoms with Crippen LogP contribution in [0.3, 0.4) is 0 Å². The number of nitrogens with zero attached hydrogens (tertiary/aromatic N) is 4. The number of halogens is 1. The average Bonchev–Trinajstić information content (AvgIpc) is 2.77. The number of nitrogens with one attached hydrogen (secondary N) is 1. The summed E-state index contributed by atoms with van der Waals surface area (Å²) in [5.41, 5.74) is 0.911. The number of hydrogen-bond donors (Lipinski definition) is 1. The van der Waals surface area contributed by atoms with Crippen LogP contribution in [-0.2, 0) is 20.1 Å². The maximum atomic E-state index is 13.5.